The molecule has 0 saturated heterocycles. The van der Waals surface area contributed by atoms with E-state index in [2.05, 4.69) is 15.3 Å². The number of aliphatic hydroxyl groups is 4. The lowest BCUT2D eigenvalue weighted by atomic mass is 9.87. The number of carboxylic acids is 2. The molecular formula is C49H84N8O22. The molecule has 10 atom stereocenters. The predicted octanol–water partition coefficient (Wildman–Crippen LogP) is -3.26. The van der Waals surface area contributed by atoms with Crippen LogP contribution in [0.4, 0.5) is 0 Å². The number of guanidine groups is 2. The monoisotopic (exact) mass is 1140 g/mol. The lowest BCUT2D eigenvalue weighted by molar-refractivity contribution is -0.176. The minimum atomic E-state index is -1.79. The molecule has 79 heavy (non-hydrogen) atoms. The fourth-order valence-electron chi connectivity index (χ4n) is 7.91. The van der Waals surface area contributed by atoms with E-state index in [0.29, 0.717) is 52.5 Å². The molecular weight excluding hydrogens is 1050 g/mol. The van der Waals surface area contributed by atoms with Gasteiger partial charge in [-0.05, 0) is 37.8 Å². The van der Waals surface area contributed by atoms with E-state index in [1.54, 1.807) is 11.8 Å². The lowest BCUT2D eigenvalue weighted by Gasteiger charge is -2.39. The van der Waals surface area contributed by atoms with Gasteiger partial charge in [-0.1, -0.05) is 20.3 Å². The third kappa shape index (κ3) is 27.7. The Morgan fingerprint density at radius 2 is 1.06 bits per heavy atom. The standard InChI is InChI=1S/C49H84N8O22/c1-4-14-70-18-22-74-24-25-75-23-20-72-16-11-38(63)57(12-7-5-6-9-39(64)79-44(35(62)29-59)45-41(54-31(3)60)33(56-49(52)53)27-37(77-45)47(68)69)13-17-73-21-19-71-15-8-10-40(65)78-43(34(61)28-58)42-30(2)32(55-48(50)51)26-36(76-42)46(66)67/h26-27,30,32-35,41-45,58-59,61-62H,4-25,28-29H2,1-3H3,(H,54,60)(H,66,67)(H,68,69)(H4,50,51,55)(H4,52,53,56)/t30-,32+,33+,34-,35-,41-,42-,43-,44-,45-/m1/s1. The predicted molar refractivity (Wildman–Crippen MR) is 277 cm³/mol. The largest absolute Gasteiger partial charge is 0.479 e. The first kappa shape index (κ1) is 69.1. The van der Waals surface area contributed by atoms with Crippen LogP contribution in [-0.2, 0) is 76.1 Å². The Morgan fingerprint density at radius 1 is 0.608 bits per heavy atom. The molecule has 0 aromatic rings. The zero-order valence-corrected chi connectivity index (χ0v) is 45.3. The van der Waals surface area contributed by atoms with Crippen LogP contribution in [0.2, 0.25) is 0 Å². The molecule has 0 radical (unpaired) electrons. The van der Waals surface area contributed by atoms with Crippen molar-refractivity contribution < 1.29 is 107 Å². The van der Waals surface area contributed by atoms with Gasteiger partial charge in [-0.2, -0.15) is 0 Å². The quantitative estimate of drug-likeness (QED) is 0.0124. The number of esters is 2. The van der Waals surface area contributed by atoms with Crippen molar-refractivity contribution in [3.8, 4) is 0 Å². The van der Waals surface area contributed by atoms with Crippen LogP contribution in [0.15, 0.2) is 33.7 Å². The van der Waals surface area contributed by atoms with Gasteiger partial charge in [0, 0.05) is 52.0 Å². The molecule has 2 rings (SSSR count). The second-order valence-electron chi connectivity index (χ2n) is 18.1. The maximum absolute atomic E-state index is 13.4. The Balaban J connectivity index is 1.94. The average Bonchev–Trinajstić information content (AvgIpc) is 3.41. The van der Waals surface area contributed by atoms with Gasteiger partial charge in [-0.15, -0.1) is 0 Å². The highest BCUT2D eigenvalue weighted by molar-refractivity contribution is 5.86. The molecule has 30 nitrogen and oxygen atoms in total. The maximum Gasteiger partial charge on any atom is 0.370 e. The smallest absolute Gasteiger partial charge is 0.370 e. The molecule has 2 aliphatic rings. The van der Waals surface area contributed by atoms with E-state index in [1.165, 1.54) is 6.08 Å². The molecule has 0 unspecified atom stereocenters. The van der Waals surface area contributed by atoms with Crippen LogP contribution in [0.1, 0.15) is 72.1 Å². The number of unbranched alkanes of at least 4 members (excludes halogenated alkanes) is 2. The average molecular weight is 1140 g/mol. The maximum atomic E-state index is 13.4. The Hall–Kier alpha value is -5.96. The van der Waals surface area contributed by atoms with E-state index >= 15 is 0 Å². The van der Waals surface area contributed by atoms with E-state index in [9.17, 15) is 59.4 Å². The highest BCUT2D eigenvalue weighted by Crippen LogP contribution is 2.31. The molecule has 0 bridgehead atoms. The number of aliphatic imine (C=N–C) groups is 2. The summed E-state index contributed by atoms with van der Waals surface area (Å²) >= 11 is 0. The zero-order chi connectivity index (χ0) is 58.7. The Bertz CT molecular complexity index is 1970. The first-order chi connectivity index (χ1) is 37.7. The molecule has 30 heteroatoms. The van der Waals surface area contributed by atoms with Gasteiger partial charge in [0.2, 0.25) is 23.3 Å². The summed E-state index contributed by atoms with van der Waals surface area (Å²) < 4.78 is 55.5. The topological polar surface area (TPSA) is 460 Å². The summed E-state index contributed by atoms with van der Waals surface area (Å²) in [6, 6.07) is -3.36. The van der Waals surface area contributed by atoms with Gasteiger partial charge in [0.25, 0.3) is 0 Å². The number of nitrogens with zero attached hydrogens (tertiary/aromatic N) is 3. The molecule has 2 amide bonds. The summed E-state index contributed by atoms with van der Waals surface area (Å²) in [4.78, 5) is 84.9. The third-order valence-corrected chi connectivity index (χ3v) is 11.8. The van der Waals surface area contributed by atoms with E-state index in [4.69, 9.17) is 70.3 Å². The number of hydrogen-bond donors (Lipinski definition) is 11. The number of carbonyl (C=O) groups is 6. The van der Waals surface area contributed by atoms with E-state index in [1.807, 2.05) is 6.92 Å². The summed E-state index contributed by atoms with van der Waals surface area (Å²) in [5.74, 6) is -8.12. The number of nitrogens with two attached hydrogens (primary N) is 4. The molecule has 2 heterocycles. The molecule has 0 aliphatic carbocycles. The van der Waals surface area contributed by atoms with Gasteiger partial charge >= 0.3 is 23.9 Å². The van der Waals surface area contributed by atoms with E-state index < -0.39 is 121 Å². The van der Waals surface area contributed by atoms with Crippen molar-refractivity contribution in [1.82, 2.24) is 10.2 Å². The first-order valence-electron chi connectivity index (χ1n) is 26.1. The molecule has 0 saturated carbocycles. The highest BCUT2D eigenvalue weighted by atomic mass is 16.6. The molecule has 2 aliphatic heterocycles. The van der Waals surface area contributed by atoms with Crippen molar-refractivity contribution in [2.75, 3.05) is 106 Å². The molecule has 0 spiro atoms. The van der Waals surface area contributed by atoms with Crippen LogP contribution < -0.4 is 28.3 Å². The number of amides is 2. The second kappa shape index (κ2) is 39.4. The normalized spacial score (nSPS) is 20.3. The fraction of sp³-hybridized carbons (Fsp3) is 0.755. The van der Waals surface area contributed by atoms with Crippen LogP contribution in [-0.4, -0.2) is 243 Å². The van der Waals surface area contributed by atoms with Gasteiger partial charge in [0.15, 0.2) is 30.2 Å². The fourth-order valence-corrected chi connectivity index (χ4v) is 7.91. The van der Waals surface area contributed by atoms with Crippen LogP contribution in [0.5, 0.6) is 0 Å². The minimum absolute atomic E-state index is 0.0458. The van der Waals surface area contributed by atoms with Gasteiger partial charge in [-0.3, -0.25) is 19.2 Å². The van der Waals surface area contributed by atoms with Crippen molar-refractivity contribution in [3.63, 3.8) is 0 Å². The van der Waals surface area contributed by atoms with Crippen molar-refractivity contribution in [2.24, 2.45) is 38.8 Å². The summed E-state index contributed by atoms with van der Waals surface area (Å²) in [6.45, 7) is 6.99. The number of carbonyl (C=O) groups excluding carboxylic acids is 4. The second-order valence-corrected chi connectivity index (χ2v) is 18.1. The molecule has 15 N–H and O–H groups in total. The number of nitrogens with one attached hydrogen (secondary N) is 1. The Kier molecular flexibility index (Phi) is 34.5. The molecule has 0 aromatic carbocycles. The Labute approximate surface area is 458 Å². The molecule has 452 valence electrons. The summed E-state index contributed by atoms with van der Waals surface area (Å²) in [6.07, 6.45) is -5.28. The minimum Gasteiger partial charge on any atom is -0.479 e. The third-order valence-electron chi connectivity index (χ3n) is 11.8. The Morgan fingerprint density at radius 3 is 1.57 bits per heavy atom. The van der Waals surface area contributed by atoms with E-state index in [0.717, 1.165) is 19.4 Å². The van der Waals surface area contributed by atoms with Gasteiger partial charge in [0.05, 0.1) is 104 Å². The number of aliphatic hydroxyl groups excluding tert-OH is 4. The van der Waals surface area contributed by atoms with Gasteiger partial charge in [0.1, 0.15) is 18.3 Å². The highest BCUT2D eigenvalue weighted by Gasteiger charge is 2.47. The number of rotatable bonds is 43. The van der Waals surface area contributed by atoms with Crippen molar-refractivity contribution in [2.45, 2.75) is 127 Å². The van der Waals surface area contributed by atoms with Crippen LogP contribution in [0, 0.1) is 5.92 Å². The van der Waals surface area contributed by atoms with E-state index in [-0.39, 0.29) is 96.7 Å². The van der Waals surface area contributed by atoms with Crippen LogP contribution >= 0.6 is 0 Å². The SMILES string of the molecule is CCCOCCOCCOCCOCCC(=O)N(CCCCCC(=O)O[C@@H]([C@@H]1OC(C(=O)O)=C[C@H](N=C(N)N)[C@H]1NC(C)=O)[C@H](O)CO)CCOCCOCCCC(=O)O[C@@H]([C@@H]1OC(C(=O)O)=C[C@H](N=C(N)N)[C@H]1C)[C@H](O)CO. The van der Waals surface area contributed by atoms with Crippen LogP contribution in [0.25, 0.3) is 0 Å². The van der Waals surface area contributed by atoms with Gasteiger partial charge in [-0.25, -0.2) is 19.6 Å². The zero-order valence-electron chi connectivity index (χ0n) is 45.3. The first-order valence-corrected chi connectivity index (χ1v) is 26.1. The van der Waals surface area contributed by atoms with Gasteiger partial charge < -0.3 is 111 Å². The molecule has 0 aromatic heterocycles. The van der Waals surface area contributed by atoms with Crippen molar-refractivity contribution in [3.05, 3.63) is 23.7 Å². The summed E-state index contributed by atoms with van der Waals surface area (Å²) in [5, 5.41) is 62.7. The molecule has 0 fully saturated rings. The van der Waals surface area contributed by atoms with Crippen molar-refractivity contribution in [1.29, 1.82) is 0 Å². The lowest BCUT2D eigenvalue weighted by Crippen LogP contribution is -2.60. The van der Waals surface area contributed by atoms with Crippen LogP contribution in [0.3, 0.4) is 0 Å². The summed E-state index contributed by atoms with van der Waals surface area (Å²) in [5.41, 5.74) is 22.1. The number of aliphatic carboxylic acids is 2. The number of ether oxygens (including phenoxy) is 10. The summed E-state index contributed by atoms with van der Waals surface area (Å²) in [7, 11) is 0. The number of carboxylic acid groups (broad SMARTS) is 2. The van der Waals surface area contributed by atoms with Crippen molar-refractivity contribution >= 4 is 47.6 Å². The number of hydrogen-bond acceptors (Lipinski definition) is 22.